The van der Waals surface area contributed by atoms with E-state index in [1.165, 1.54) is 30.5 Å². The molecule has 1 aromatic carbocycles. The fraction of sp³-hybridized carbons (Fsp3) is 0.133. The Balaban J connectivity index is 1.78. The van der Waals surface area contributed by atoms with Crippen molar-refractivity contribution in [3.63, 3.8) is 0 Å². The molecule has 112 valence electrons. The summed E-state index contributed by atoms with van der Waals surface area (Å²) < 4.78 is 7.36. The fourth-order valence-electron chi connectivity index (χ4n) is 1.97. The topological polar surface area (TPSA) is 61.2 Å². The predicted molar refractivity (Wildman–Crippen MR) is 85.4 cm³/mol. The highest BCUT2D eigenvalue weighted by atomic mass is 35.5. The number of aryl methyl sites for hydroxylation is 1. The number of halogens is 1. The van der Waals surface area contributed by atoms with Crippen LogP contribution in [-0.2, 0) is 18.4 Å². The molecule has 0 bridgehead atoms. The van der Waals surface area contributed by atoms with Crippen molar-refractivity contribution >= 4 is 39.0 Å². The first-order valence-electron chi connectivity index (χ1n) is 6.43. The fourth-order valence-corrected chi connectivity index (χ4v) is 3.37. The Morgan fingerprint density at radius 1 is 1.32 bits per heavy atom. The number of rotatable bonds is 3. The molecule has 7 heteroatoms. The lowest BCUT2D eigenvalue weighted by molar-refractivity contribution is 0.0467. The Bertz CT molecular complexity index is 917. The van der Waals surface area contributed by atoms with Gasteiger partial charge in [0.1, 0.15) is 6.61 Å². The quantitative estimate of drug-likeness (QED) is 0.691. The summed E-state index contributed by atoms with van der Waals surface area (Å²) >= 11 is 7.77. The third-order valence-corrected chi connectivity index (χ3v) is 4.79. The number of carbonyl (C=O) groups is 1. The standard InChI is InChI=1S/C15H11ClN2O3S/c1-18-13(19)7-6-10(17-18)15(20)21-8-12-14(16)9-4-2-3-5-11(9)22-12/h2-7H,8H2,1H3. The van der Waals surface area contributed by atoms with Crippen LogP contribution in [-0.4, -0.2) is 15.7 Å². The molecule has 0 aliphatic rings. The van der Waals surface area contributed by atoms with Crippen LogP contribution in [0.25, 0.3) is 10.1 Å². The number of ether oxygens (including phenoxy) is 1. The Morgan fingerprint density at radius 3 is 2.82 bits per heavy atom. The largest absolute Gasteiger partial charge is 0.455 e. The molecule has 2 aromatic heterocycles. The first-order chi connectivity index (χ1) is 10.6. The maximum atomic E-state index is 12.0. The van der Waals surface area contributed by atoms with Crippen molar-refractivity contribution in [2.24, 2.45) is 7.05 Å². The maximum absolute atomic E-state index is 12.0. The minimum Gasteiger partial charge on any atom is -0.455 e. The van der Waals surface area contributed by atoms with Crippen LogP contribution in [0.2, 0.25) is 5.02 Å². The predicted octanol–water partition coefficient (Wildman–Crippen LogP) is 3.01. The highest BCUT2D eigenvalue weighted by Crippen LogP contribution is 2.35. The Morgan fingerprint density at radius 2 is 2.09 bits per heavy atom. The SMILES string of the molecule is Cn1nc(C(=O)OCc2sc3ccccc3c2Cl)ccc1=O. The van der Waals surface area contributed by atoms with E-state index in [1.807, 2.05) is 24.3 Å². The molecule has 0 aliphatic heterocycles. The molecule has 5 nitrogen and oxygen atoms in total. The van der Waals surface area contributed by atoms with Gasteiger partial charge in [0, 0.05) is 23.2 Å². The summed E-state index contributed by atoms with van der Waals surface area (Å²) in [5.41, 5.74) is -0.205. The molecule has 3 aromatic rings. The van der Waals surface area contributed by atoms with E-state index in [-0.39, 0.29) is 17.9 Å². The van der Waals surface area contributed by atoms with E-state index < -0.39 is 5.97 Å². The zero-order chi connectivity index (χ0) is 15.7. The Kier molecular flexibility index (Phi) is 3.96. The third-order valence-electron chi connectivity index (χ3n) is 3.11. The van der Waals surface area contributed by atoms with Crippen molar-refractivity contribution in [1.82, 2.24) is 9.78 Å². The van der Waals surface area contributed by atoms with Gasteiger partial charge in [-0.25, -0.2) is 9.48 Å². The first kappa shape index (κ1) is 14.7. The van der Waals surface area contributed by atoms with E-state index in [4.69, 9.17) is 16.3 Å². The molecule has 0 unspecified atom stereocenters. The minimum absolute atomic E-state index is 0.0710. The number of hydrogen-bond acceptors (Lipinski definition) is 5. The van der Waals surface area contributed by atoms with Gasteiger partial charge in [-0.1, -0.05) is 29.8 Å². The molecule has 0 atom stereocenters. The second kappa shape index (κ2) is 5.90. The normalized spacial score (nSPS) is 10.8. The summed E-state index contributed by atoms with van der Waals surface area (Å²) in [6.45, 7) is 0.0710. The molecule has 0 aliphatic carbocycles. The summed E-state index contributed by atoms with van der Waals surface area (Å²) in [7, 11) is 1.47. The van der Waals surface area contributed by atoms with E-state index in [0.717, 1.165) is 19.6 Å². The summed E-state index contributed by atoms with van der Waals surface area (Å²) in [5, 5.41) is 5.39. The smallest absolute Gasteiger partial charge is 0.359 e. The van der Waals surface area contributed by atoms with E-state index in [9.17, 15) is 9.59 Å². The molecule has 3 rings (SSSR count). The van der Waals surface area contributed by atoms with Gasteiger partial charge in [0.2, 0.25) is 0 Å². The van der Waals surface area contributed by atoms with Crippen LogP contribution in [0.4, 0.5) is 0 Å². The van der Waals surface area contributed by atoms with E-state index >= 15 is 0 Å². The molecule has 0 saturated carbocycles. The van der Waals surface area contributed by atoms with Crippen LogP contribution < -0.4 is 5.56 Å². The maximum Gasteiger partial charge on any atom is 0.359 e. The highest BCUT2D eigenvalue weighted by molar-refractivity contribution is 7.19. The van der Waals surface area contributed by atoms with Crippen molar-refractivity contribution in [1.29, 1.82) is 0 Å². The molecule has 0 radical (unpaired) electrons. The summed E-state index contributed by atoms with van der Waals surface area (Å²) in [6, 6.07) is 10.3. The highest BCUT2D eigenvalue weighted by Gasteiger charge is 2.14. The van der Waals surface area contributed by atoms with Crippen LogP contribution in [0.15, 0.2) is 41.2 Å². The monoisotopic (exact) mass is 334 g/mol. The number of carbonyl (C=O) groups excluding carboxylic acids is 1. The van der Waals surface area contributed by atoms with Crippen LogP contribution in [0.1, 0.15) is 15.4 Å². The van der Waals surface area contributed by atoms with Gasteiger partial charge >= 0.3 is 5.97 Å². The summed E-state index contributed by atoms with van der Waals surface area (Å²) in [5.74, 6) is -0.593. The number of esters is 1. The molecular weight excluding hydrogens is 324 g/mol. The molecule has 0 fully saturated rings. The van der Waals surface area contributed by atoms with E-state index in [0.29, 0.717) is 5.02 Å². The second-order valence-electron chi connectivity index (χ2n) is 4.59. The molecule has 0 amide bonds. The Hall–Kier alpha value is -2.18. The van der Waals surface area contributed by atoms with Gasteiger partial charge < -0.3 is 4.74 Å². The van der Waals surface area contributed by atoms with Crippen molar-refractivity contribution in [3.8, 4) is 0 Å². The molecule has 22 heavy (non-hydrogen) atoms. The van der Waals surface area contributed by atoms with Gasteiger partial charge in [0.05, 0.1) is 9.90 Å². The van der Waals surface area contributed by atoms with Gasteiger partial charge in [-0.15, -0.1) is 11.3 Å². The Labute approximate surface area is 134 Å². The lowest BCUT2D eigenvalue weighted by Crippen LogP contribution is -2.21. The van der Waals surface area contributed by atoms with Crippen LogP contribution >= 0.6 is 22.9 Å². The zero-order valence-electron chi connectivity index (χ0n) is 11.6. The number of aromatic nitrogens is 2. The van der Waals surface area contributed by atoms with Crippen LogP contribution in [0.5, 0.6) is 0 Å². The zero-order valence-corrected chi connectivity index (χ0v) is 13.1. The minimum atomic E-state index is -0.593. The second-order valence-corrected chi connectivity index (χ2v) is 6.11. The van der Waals surface area contributed by atoms with Gasteiger partial charge in [0.25, 0.3) is 5.56 Å². The lowest BCUT2D eigenvalue weighted by Gasteiger charge is -2.04. The van der Waals surface area contributed by atoms with Crippen LogP contribution in [0, 0.1) is 0 Å². The van der Waals surface area contributed by atoms with Crippen molar-refractivity contribution in [2.45, 2.75) is 6.61 Å². The number of fused-ring (bicyclic) bond motifs is 1. The van der Waals surface area contributed by atoms with E-state index in [1.54, 1.807) is 0 Å². The number of thiophene rings is 1. The number of nitrogens with zero attached hydrogens (tertiary/aromatic N) is 2. The average Bonchev–Trinajstić information content (AvgIpc) is 2.84. The average molecular weight is 335 g/mol. The molecule has 0 saturated heterocycles. The first-order valence-corrected chi connectivity index (χ1v) is 7.63. The van der Waals surface area contributed by atoms with Gasteiger partial charge in [-0.05, 0) is 12.1 Å². The summed E-state index contributed by atoms with van der Waals surface area (Å²) in [6.07, 6.45) is 0. The number of benzene rings is 1. The van der Waals surface area contributed by atoms with Crippen molar-refractivity contribution in [3.05, 3.63) is 62.3 Å². The molecular formula is C15H11ClN2O3S. The van der Waals surface area contributed by atoms with Crippen LogP contribution in [0.3, 0.4) is 0 Å². The molecule has 0 spiro atoms. The van der Waals surface area contributed by atoms with Gasteiger partial charge in [-0.2, -0.15) is 5.10 Å². The van der Waals surface area contributed by atoms with Crippen molar-refractivity contribution in [2.75, 3.05) is 0 Å². The molecule has 2 heterocycles. The third kappa shape index (κ3) is 2.75. The lowest BCUT2D eigenvalue weighted by atomic mass is 10.2. The molecule has 0 N–H and O–H groups in total. The van der Waals surface area contributed by atoms with E-state index in [2.05, 4.69) is 5.10 Å². The van der Waals surface area contributed by atoms with Gasteiger partial charge in [-0.3, -0.25) is 4.79 Å². The van der Waals surface area contributed by atoms with Gasteiger partial charge in [0.15, 0.2) is 5.69 Å². The number of hydrogen-bond donors (Lipinski definition) is 0. The summed E-state index contributed by atoms with van der Waals surface area (Å²) in [4.78, 5) is 24.0. The van der Waals surface area contributed by atoms with Crippen molar-refractivity contribution < 1.29 is 9.53 Å².